The maximum absolute atomic E-state index is 11.1. The molecule has 0 atom stereocenters. The van der Waals surface area contributed by atoms with Gasteiger partial charge in [0.25, 0.3) is 0 Å². The Kier molecular flexibility index (Phi) is 5.91. The zero-order chi connectivity index (χ0) is 12.5. The van der Waals surface area contributed by atoms with Gasteiger partial charge >= 0.3 is 0 Å². The van der Waals surface area contributed by atoms with Crippen LogP contribution >= 0.6 is 11.6 Å². The third-order valence-corrected chi connectivity index (χ3v) is 2.18. The zero-order valence-corrected chi connectivity index (χ0v) is 10.0. The molecule has 0 unspecified atom stereocenters. The third-order valence-electron chi connectivity index (χ3n) is 1.94. The Balaban J connectivity index is 2.48. The Morgan fingerprint density at radius 3 is 3.06 bits per heavy atom. The van der Waals surface area contributed by atoms with Crippen LogP contribution < -0.4 is 10.1 Å². The molecule has 0 spiro atoms. The first-order valence-electron chi connectivity index (χ1n) is 5.22. The van der Waals surface area contributed by atoms with Crippen molar-refractivity contribution in [1.82, 2.24) is 0 Å². The van der Waals surface area contributed by atoms with Gasteiger partial charge in [-0.3, -0.25) is 4.79 Å². The van der Waals surface area contributed by atoms with Crippen molar-refractivity contribution in [2.45, 2.75) is 12.8 Å². The van der Waals surface area contributed by atoms with Gasteiger partial charge in [0.2, 0.25) is 5.91 Å². The Morgan fingerprint density at radius 1 is 1.53 bits per heavy atom. The largest absolute Gasteiger partial charge is 0.493 e. The van der Waals surface area contributed by atoms with Crippen LogP contribution in [0.3, 0.4) is 0 Å². The van der Waals surface area contributed by atoms with Crippen molar-refractivity contribution in [3.05, 3.63) is 24.3 Å². The van der Waals surface area contributed by atoms with E-state index in [2.05, 4.69) is 5.32 Å². The molecule has 1 aromatic carbocycles. The number of nitrogens with zero attached hydrogens (tertiary/aromatic N) is 1. The fraction of sp³-hybridized carbons (Fsp3) is 0.333. The van der Waals surface area contributed by atoms with E-state index in [9.17, 15) is 4.79 Å². The predicted octanol–water partition coefficient (Wildman–Crippen LogP) is 2.55. The van der Waals surface area contributed by atoms with Crippen molar-refractivity contribution in [3.63, 3.8) is 0 Å². The predicted molar refractivity (Wildman–Crippen MR) is 66.1 cm³/mol. The van der Waals surface area contributed by atoms with Crippen LogP contribution in [0.2, 0.25) is 0 Å². The first-order chi connectivity index (χ1) is 8.26. The average molecular weight is 253 g/mol. The van der Waals surface area contributed by atoms with E-state index >= 15 is 0 Å². The molecule has 1 aromatic rings. The molecule has 0 aliphatic heterocycles. The number of carbonyl (C=O) groups excluding carboxylic acids is 1. The first kappa shape index (κ1) is 13.3. The number of nitriles is 1. The lowest BCUT2D eigenvalue weighted by Gasteiger charge is -2.07. The number of unbranched alkanes of at least 4 members (excludes halogenated alkanes) is 1. The van der Waals surface area contributed by atoms with Gasteiger partial charge in [0.1, 0.15) is 11.6 Å². The van der Waals surface area contributed by atoms with Crippen LogP contribution in [0.5, 0.6) is 5.75 Å². The van der Waals surface area contributed by atoms with E-state index in [-0.39, 0.29) is 11.8 Å². The summed E-state index contributed by atoms with van der Waals surface area (Å²) in [6, 6.07) is 9.10. The van der Waals surface area contributed by atoms with E-state index in [0.717, 1.165) is 0 Å². The van der Waals surface area contributed by atoms with Crippen LogP contribution in [0.15, 0.2) is 24.3 Å². The molecule has 1 rings (SSSR count). The number of amides is 1. The van der Waals surface area contributed by atoms with Crippen molar-refractivity contribution in [2.24, 2.45) is 0 Å². The van der Waals surface area contributed by atoms with Gasteiger partial charge in [-0.15, -0.1) is 11.6 Å². The molecule has 0 saturated carbocycles. The molecule has 1 amide bonds. The quantitative estimate of drug-likeness (QED) is 0.625. The van der Waals surface area contributed by atoms with Gasteiger partial charge in [0.15, 0.2) is 0 Å². The summed E-state index contributed by atoms with van der Waals surface area (Å²) in [5.74, 6) is 0.330. The minimum absolute atomic E-state index is 0.0761. The van der Waals surface area contributed by atoms with Gasteiger partial charge in [0.05, 0.1) is 12.7 Å². The van der Waals surface area contributed by atoms with Gasteiger partial charge in [-0.2, -0.15) is 5.26 Å². The molecule has 17 heavy (non-hydrogen) atoms. The maximum atomic E-state index is 11.1. The van der Waals surface area contributed by atoms with E-state index < -0.39 is 0 Å². The van der Waals surface area contributed by atoms with Crippen LogP contribution in [0.25, 0.3) is 0 Å². The lowest BCUT2D eigenvalue weighted by molar-refractivity contribution is -0.113. The smallest absolute Gasteiger partial charge is 0.239 e. The van der Waals surface area contributed by atoms with Crippen LogP contribution in [0.4, 0.5) is 5.69 Å². The number of alkyl halides is 1. The summed E-state index contributed by atoms with van der Waals surface area (Å²) < 4.78 is 5.43. The molecule has 5 heteroatoms. The highest BCUT2D eigenvalue weighted by Crippen LogP contribution is 2.17. The molecule has 0 aromatic heterocycles. The van der Waals surface area contributed by atoms with Crippen LogP contribution in [0.1, 0.15) is 12.8 Å². The number of nitrogens with one attached hydrogen (secondary N) is 1. The fourth-order valence-electron chi connectivity index (χ4n) is 1.20. The molecule has 0 radical (unpaired) electrons. The van der Waals surface area contributed by atoms with E-state index in [1.807, 2.05) is 6.07 Å². The molecular weight excluding hydrogens is 240 g/mol. The number of halogens is 1. The molecule has 0 saturated heterocycles. The first-order valence-corrected chi connectivity index (χ1v) is 5.75. The molecule has 0 heterocycles. The number of carbonyl (C=O) groups is 1. The summed E-state index contributed by atoms with van der Waals surface area (Å²) in [7, 11) is 0. The highest BCUT2D eigenvalue weighted by Gasteiger charge is 2.01. The van der Waals surface area contributed by atoms with Crippen molar-refractivity contribution < 1.29 is 9.53 Å². The van der Waals surface area contributed by atoms with Crippen molar-refractivity contribution in [1.29, 1.82) is 5.26 Å². The van der Waals surface area contributed by atoms with Crippen LogP contribution in [0, 0.1) is 11.3 Å². The molecule has 0 fully saturated rings. The molecule has 4 nitrogen and oxygen atoms in total. The minimum Gasteiger partial charge on any atom is -0.493 e. The Bertz CT molecular complexity index is 415. The Morgan fingerprint density at radius 2 is 2.35 bits per heavy atom. The fourth-order valence-corrected chi connectivity index (χ4v) is 1.27. The number of hydrogen-bond donors (Lipinski definition) is 1. The monoisotopic (exact) mass is 252 g/mol. The number of anilines is 1. The van der Waals surface area contributed by atoms with E-state index in [1.54, 1.807) is 24.3 Å². The molecular formula is C12H13ClN2O2. The van der Waals surface area contributed by atoms with Crippen molar-refractivity contribution in [2.75, 3.05) is 17.8 Å². The summed E-state index contributed by atoms with van der Waals surface area (Å²) in [6.45, 7) is 0.487. The number of hydrogen-bond acceptors (Lipinski definition) is 3. The van der Waals surface area contributed by atoms with Gasteiger partial charge in [-0.1, -0.05) is 6.07 Å². The molecule has 0 bridgehead atoms. The number of rotatable bonds is 6. The lowest BCUT2D eigenvalue weighted by atomic mass is 10.3. The van der Waals surface area contributed by atoms with Crippen molar-refractivity contribution in [3.8, 4) is 11.8 Å². The topological polar surface area (TPSA) is 62.1 Å². The summed E-state index contributed by atoms with van der Waals surface area (Å²) in [5, 5.41) is 11.0. The van der Waals surface area contributed by atoms with Crippen molar-refractivity contribution >= 4 is 23.2 Å². The van der Waals surface area contributed by atoms with Gasteiger partial charge in [-0.05, 0) is 18.6 Å². The second-order valence-electron chi connectivity index (χ2n) is 3.32. The Hall–Kier alpha value is -1.73. The van der Waals surface area contributed by atoms with E-state index in [1.165, 1.54) is 0 Å². The zero-order valence-electron chi connectivity index (χ0n) is 9.28. The second kappa shape index (κ2) is 7.53. The summed E-state index contributed by atoms with van der Waals surface area (Å²) in [4.78, 5) is 11.1. The van der Waals surface area contributed by atoms with E-state index in [4.69, 9.17) is 21.6 Å². The molecule has 1 N–H and O–H groups in total. The van der Waals surface area contributed by atoms with Gasteiger partial charge in [0, 0.05) is 18.2 Å². The second-order valence-corrected chi connectivity index (χ2v) is 3.59. The summed E-state index contributed by atoms with van der Waals surface area (Å²) in [6.07, 6.45) is 1.16. The molecule has 0 aliphatic rings. The number of ether oxygens (including phenoxy) is 1. The third kappa shape index (κ3) is 5.23. The number of benzene rings is 1. The standard InChI is InChI=1S/C12H13ClN2O2/c13-9-12(16)15-10-4-3-5-11(8-10)17-7-2-1-6-14/h3-5,8H,1-2,7,9H2,(H,15,16). The maximum Gasteiger partial charge on any atom is 0.239 e. The van der Waals surface area contributed by atoms with Gasteiger partial charge < -0.3 is 10.1 Å². The summed E-state index contributed by atoms with van der Waals surface area (Å²) in [5.41, 5.74) is 0.647. The van der Waals surface area contributed by atoms with Crippen LogP contribution in [-0.4, -0.2) is 18.4 Å². The van der Waals surface area contributed by atoms with Gasteiger partial charge in [-0.25, -0.2) is 0 Å². The highest BCUT2D eigenvalue weighted by atomic mass is 35.5. The van der Waals surface area contributed by atoms with E-state index in [0.29, 0.717) is 30.9 Å². The molecule has 90 valence electrons. The molecule has 0 aliphatic carbocycles. The Labute approximate surface area is 105 Å². The van der Waals surface area contributed by atoms with Crippen LogP contribution in [-0.2, 0) is 4.79 Å². The average Bonchev–Trinajstić information content (AvgIpc) is 2.35. The highest BCUT2D eigenvalue weighted by molar-refractivity contribution is 6.29. The lowest BCUT2D eigenvalue weighted by Crippen LogP contribution is -2.12. The summed E-state index contributed by atoms with van der Waals surface area (Å²) >= 11 is 5.39. The normalized spacial score (nSPS) is 9.41. The SMILES string of the molecule is N#CCCCOc1cccc(NC(=O)CCl)c1. The minimum atomic E-state index is -0.256.